The molecule has 0 bridgehead atoms. The minimum absolute atomic E-state index is 0.173. The van der Waals surface area contributed by atoms with Crippen LogP contribution < -0.4 is 10.6 Å². The molecule has 2 heterocycles. The molecule has 0 atom stereocenters. The molecule has 1 aromatic carbocycles. The highest BCUT2D eigenvalue weighted by molar-refractivity contribution is 7.14. The Balaban J connectivity index is 0.00000109. The van der Waals surface area contributed by atoms with Crippen molar-refractivity contribution in [2.75, 3.05) is 5.32 Å². The fourth-order valence-corrected chi connectivity index (χ4v) is 2.69. The molecule has 0 saturated heterocycles. The first-order chi connectivity index (χ1) is 12.2. The zero-order valence-corrected chi connectivity index (χ0v) is 14.9. The molecule has 7 heteroatoms. The molecule has 0 aliphatic heterocycles. The Morgan fingerprint density at radius 2 is 1.96 bits per heavy atom. The van der Waals surface area contributed by atoms with Crippen LogP contribution in [0.2, 0.25) is 0 Å². The molecule has 0 saturated carbocycles. The molecule has 6 nitrogen and oxygen atoms in total. The van der Waals surface area contributed by atoms with Gasteiger partial charge in [0.05, 0.1) is 5.69 Å². The van der Waals surface area contributed by atoms with E-state index in [-0.39, 0.29) is 11.8 Å². The number of anilines is 1. The quantitative estimate of drug-likeness (QED) is 0.652. The summed E-state index contributed by atoms with van der Waals surface area (Å²) in [4.78, 5) is 20.2. The predicted molar refractivity (Wildman–Crippen MR) is 101 cm³/mol. The summed E-state index contributed by atoms with van der Waals surface area (Å²) in [7, 11) is 0. The number of urea groups is 1. The van der Waals surface area contributed by atoms with E-state index in [9.17, 15) is 9.90 Å². The van der Waals surface area contributed by atoms with E-state index < -0.39 is 0 Å². The average Bonchev–Trinajstić information content (AvgIpc) is 3.11. The van der Waals surface area contributed by atoms with Crippen molar-refractivity contribution in [2.45, 2.75) is 20.4 Å². The molecule has 3 N–H and O–H groups in total. The maximum atomic E-state index is 11.9. The van der Waals surface area contributed by atoms with Crippen LogP contribution in [0.4, 0.5) is 9.93 Å². The molecule has 3 rings (SSSR count). The Kier molecular flexibility index (Phi) is 6.91. The van der Waals surface area contributed by atoms with Crippen LogP contribution in [0.3, 0.4) is 0 Å². The van der Waals surface area contributed by atoms with Crippen molar-refractivity contribution in [1.82, 2.24) is 15.3 Å². The zero-order chi connectivity index (χ0) is 18.1. The molecule has 3 aromatic rings. The minimum Gasteiger partial charge on any atom is -0.508 e. The lowest BCUT2D eigenvalue weighted by Gasteiger charge is -2.05. The molecule has 25 heavy (non-hydrogen) atoms. The fourth-order valence-electron chi connectivity index (χ4n) is 1.98. The molecule has 130 valence electrons. The van der Waals surface area contributed by atoms with Crippen molar-refractivity contribution in [3.05, 3.63) is 59.7 Å². The Morgan fingerprint density at radius 3 is 2.68 bits per heavy atom. The first kappa shape index (κ1) is 18.4. The minimum atomic E-state index is -0.344. The second-order valence-corrected chi connectivity index (χ2v) is 5.61. The number of benzene rings is 1. The van der Waals surface area contributed by atoms with Crippen molar-refractivity contribution in [1.29, 1.82) is 0 Å². The molecule has 2 amide bonds. The first-order valence-corrected chi connectivity index (χ1v) is 8.77. The summed E-state index contributed by atoms with van der Waals surface area (Å²) in [5.74, 6) is 0.173. The van der Waals surface area contributed by atoms with Gasteiger partial charge in [-0.15, -0.1) is 11.3 Å². The number of thiazole rings is 1. The van der Waals surface area contributed by atoms with Crippen LogP contribution in [0.25, 0.3) is 11.3 Å². The number of hydrogen-bond acceptors (Lipinski definition) is 5. The van der Waals surface area contributed by atoms with E-state index in [0.29, 0.717) is 11.7 Å². The lowest BCUT2D eigenvalue weighted by atomic mass is 10.2. The lowest BCUT2D eigenvalue weighted by molar-refractivity contribution is 0.251. The molecular weight excluding hydrogens is 336 g/mol. The molecule has 0 unspecified atom stereocenters. The third-order valence-electron chi connectivity index (χ3n) is 3.06. The number of aromatic nitrogens is 2. The molecule has 0 fully saturated rings. The third-order valence-corrected chi connectivity index (χ3v) is 3.82. The van der Waals surface area contributed by atoms with Crippen molar-refractivity contribution >= 4 is 22.5 Å². The van der Waals surface area contributed by atoms with Gasteiger partial charge in [0.25, 0.3) is 0 Å². The number of hydrogen-bond donors (Lipinski definition) is 3. The van der Waals surface area contributed by atoms with E-state index in [2.05, 4.69) is 20.6 Å². The van der Waals surface area contributed by atoms with Gasteiger partial charge in [0, 0.05) is 29.9 Å². The first-order valence-electron chi connectivity index (χ1n) is 7.89. The Hall–Kier alpha value is -2.93. The van der Waals surface area contributed by atoms with Crippen LogP contribution in [-0.4, -0.2) is 21.1 Å². The fraction of sp³-hybridized carbons (Fsp3) is 0.167. The second kappa shape index (κ2) is 9.39. The summed E-state index contributed by atoms with van der Waals surface area (Å²) in [6, 6.07) is 10.1. The van der Waals surface area contributed by atoms with E-state index in [1.807, 2.05) is 37.4 Å². The van der Waals surface area contributed by atoms with Gasteiger partial charge >= 0.3 is 6.03 Å². The van der Waals surface area contributed by atoms with Gasteiger partial charge < -0.3 is 10.4 Å². The Labute approximate surface area is 150 Å². The Morgan fingerprint density at radius 1 is 1.20 bits per heavy atom. The summed E-state index contributed by atoms with van der Waals surface area (Å²) in [6.45, 7) is 4.32. The topological polar surface area (TPSA) is 87.1 Å². The highest BCUT2D eigenvalue weighted by Crippen LogP contribution is 2.24. The number of nitrogens with one attached hydrogen (secondary N) is 2. The van der Waals surface area contributed by atoms with Gasteiger partial charge in [0.15, 0.2) is 5.13 Å². The van der Waals surface area contributed by atoms with E-state index in [1.54, 1.807) is 30.6 Å². The van der Waals surface area contributed by atoms with Crippen LogP contribution in [0, 0.1) is 0 Å². The van der Waals surface area contributed by atoms with Crippen LogP contribution >= 0.6 is 11.3 Å². The predicted octanol–water partition coefficient (Wildman–Crippen LogP) is 4.26. The number of aromatic hydroxyl groups is 1. The number of phenolic OH excluding ortho intramolecular Hbond substituents is 1. The summed E-state index contributed by atoms with van der Waals surface area (Å²) in [5, 5.41) is 17.2. The van der Waals surface area contributed by atoms with Crippen LogP contribution in [0.5, 0.6) is 5.75 Å². The smallest absolute Gasteiger partial charge is 0.321 e. The number of carbonyl (C=O) groups is 1. The average molecular weight is 356 g/mol. The lowest BCUT2D eigenvalue weighted by Crippen LogP contribution is -2.28. The molecule has 2 aromatic heterocycles. The van der Waals surface area contributed by atoms with Gasteiger partial charge in [-0.1, -0.05) is 26.0 Å². The number of carbonyl (C=O) groups excluding carboxylic acids is 1. The summed E-state index contributed by atoms with van der Waals surface area (Å²) < 4.78 is 0. The van der Waals surface area contributed by atoms with Crippen LogP contribution in [0.15, 0.2) is 54.2 Å². The van der Waals surface area contributed by atoms with Crippen molar-refractivity contribution < 1.29 is 9.90 Å². The molecular formula is C18H20N4O2S. The number of pyridine rings is 1. The number of amides is 2. The van der Waals surface area contributed by atoms with E-state index in [4.69, 9.17) is 0 Å². The molecule has 0 aliphatic rings. The zero-order valence-electron chi connectivity index (χ0n) is 14.1. The third kappa shape index (κ3) is 5.58. The van der Waals surface area contributed by atoms with E-state index in [0.717, 1.165) is 16.8 Å². The van der Waals surface area contributed by atoms with Gasteiger partial charge in [-0.05, 0) is 29.8 Å². The van der Waals surface area contributed by atoms with Crippen molar-refractivity contribution in [3.8, 4) is 17.0 Å². The molecule has 0 spiro atoms. The summed E-state index contributed by atoms with van der Waals surface area (Å²) >= 11 is 1.35. The highest BCUT2D eigenvalue weighted by Gasteiger charge is 2.07. The SMILES string of the molecule is CC.O=C(NCc1cccc(O)c1)Nc1nc(-c2ccncc2)cs1. The van der Waals surface area contributed by atoms with Gasteiger partial charge in [-0.25, -0.2) is 9.78 Å². The second-order valence-electron chi connectivity index (χ2n) is 4.75. The number of rotatable bonds is 4. The molecule has 0 radical (unpaired) electrons. The summed E-state index contributed by atoms with van der Waals surface area (Å²) in [6.07, 6.45) is 3.40. The highest BCUT2D eigenvalue weighted by atomic mass is 32.1. The van der Waals surface area contributed by atoms with Gasteiger partial charge in [-0.2, -0.15) is 0 Å². The van der Waals surface area contributed by atoms with Crippen molar-refractivity contribution in [3.63, 3.8) is 0 Å². The van der Waals surface area contributed by atoms with Gasteiger partial charge in [0.2, 0.25) is 0 Å². The van der Waals surface area contributed by atoms with Crippen molar-refractivity contribution in [2.24, 2.45) is 0 Å². The van der Waals surface area contributed by atoms with Gasteiger partial charge in [0.1, 0.15) is 5.75 Å². The van der Waals surface area contributed by atoms with Crippen LogP contribution in [-0.2, 0) is 6.54 Å². The normalized spacial score (nSPS) is 9.68. The maximum absolute atomic E-state index is 11.9. The maximum Gasteiger partial charge on any atom is 0.321 e. The Bertz CT molecular complexity index is 806. The standard InChI is InChI=1S/C16H14N4O2S.C2H6/c21-13-3-1-2-11(8-13)9-18-15(22)20-16-19-14(10-23-16)12-4-6-17-7-5-12;1-2/h1-8,10,21H,9H2,(H2,18,19,20,22);1-2H3. The van der Waals surface area contributed by atoms with Gasteiger partial charge in [-0.3, -0.25) is 10.3 Å². The number of nitrogens with zero attached hydrogens (tertiary/aromatic N) is 2. The summed E-state index contributed by atoms with van der Waals surface area (Å²) in [5.41, 5.74) is 2.56. The van der Waals surface area contributed by atoms with E-state index in [1.165, 1.54) is 11.3 Å². The molecule has 0 aliphatic carbocycles. The van der Waals surface area contributed by atoms with Crippen LogP contribution in [0.1, 0.15) is 19.4 Å². The largest absolute Gasteiger partial charge is 0.508 e. The van der Waals surface area contributed by atoms with E-state index >= 15 is 0 Å². The monoisotopic (exact) mass is 356 g/mol. The number of phenols is 1.